The van der Waals surface area contributed by atoms with E-state index in [4.69, 9.17) is 26.8 Å². The van der Waals surface area contributed by atoms with Gasteiger partial charge in [0.25, 0.3) is 11.8 Å². The summed E-state index contributed by atoms with van der Waals surface area (Å²) in [5.41, 5.74) is 3.51. The number of aliphatic hydroxyl groups is 1. The second-order valence-corrected chi connectivity index (χ2v) is 10.6. The van der Waals surface area contributed by atoms with Gasteiger partial charge >= 0.3 is 6.55 Å². The molecule has 2 aromatic heterocycles. The van der Waals surface area contributed by atoms with Gasteiger partial charge in [0, 0.05) is 22.7 Å². The number of aromatic nitrogens is 3. The number of amides is 2. The quantitative estimate of drug-likeness (QED) is 0.156. The number of fused-ring (bicyclic) bond motifs is 1. The maximum Gasteiger partial charge on any atom is 0.333 e. The lowest BCUT2D eigenvalue weighted by molar-refractivity contribution is 0.00946. The van der Waals surface area contributed by atoms with Crippen molar-refractivity contribution in [2.45, 2.75) is 31.9 Å². The molecule has 1 atom stereocenters. The van der Waals surface area contributed by atoms with E-state index >= 15 is 0 Å². The first-order valence-corrected chi connectivity index (χ1v) is 13.7. The summed E-state index contributed by atoms with van der Waals surface area (Å²) < 4.78 is 66.1. The molecule has 4 aromatic rings. The van der Waals surface area contributed by atoms with Crippen LogP contribution >= 0.6 is 11.6 Å². The largest absolute Gasteiger partial charge is 0.494 e. The van der Waals surface area contributed by atoms with Crippen LogP contribution in [0.25, 0.3) is 22.2 Å². The molecule has 0 saturated heterocycles. The normalized spacial score (nSPS) is 14.5. The van der Waals surface area contributed by atoms with Gasteiger partial charge in [0.15, 0.2) is 17.4 Å². The van der Waals surface area contributed by atoms with E-state index in [1.807, 2.05) is 0 Å². The Balaban J connectivity index is 1.55. The van der Waals surface area contributed by atoms with E-state index in [1.165, 1.54) is 25.3 Å². The highest BCUT2D eigenvalue weighted by Gasteiger charge is 2.47. The highest BCUT2D eigenvalue weighted by atomic mass is 35.5. The second-order valence-electron chi connectivity index (χ2n) is 10.2. The van der Waals surface area contributed by atoms with Crippen molar-refractivity contribution in [2.75, 3.05) is 20.3 Å². The Morgan fingerprint density at radius 2 is 1.95 bits per heavy atom. The van der Waals surface area contributed by atoms with Crippen molar-refractivity contribution < 1.29 is 41.7 Å². The average Bonchev–Trinajstić information content (AvgIpc) is 3.76. The van der Waals surface area contributed by atoms with E-state index in [2.05, 4.69) is 15.4 Å². The number of hydrogen-bond acceptors (Lipinski definition) is 7. The maximum atomic E-state index is 14.4. The number of pyridine rings is 1. The zero-order valence-corrected chi connectivity index (χ0v) is 24.1. The molecule has 1 saturated carbocycles. The lowest BCUT2D eigenvalue weighted by Gasteiger charge is -2.29. The molecule has 10 nitrogen and oxygen atoms in total. The Labute approximate surface area is 252 Å². The SMILES string of the molecule is CCOc1c(C(N)=O)cc([C@@](O)(CNC(=O)c2cc(OC)c3nn(C(F)F)cc3c2)C2CC2)nc1-c1cc(F)c(F)c(Cl)c1. The van der Waals surface area contributed by atoms with Crippen molar-refractivity contribution in [3.05, 3.63) is 70.0 Å². The Morgan fingerprint density at radius 3 is 2.55 bits per heavy atom. The van der Waals surface area contributed by atoms with Crippen LogP contribution in [0.15, 0.2) is 36.5 Å². The molecule has 1 fully saturated rings. The van der Waals surface area contributed by atoms with Crippen LogP contribution in [-0.4, -0.2) is 51.9 Å². The van der Waals surface area contributed by atoms with Crippen molar-refractivity contribution in [1.29, 1.82) is 0 Å². The van der Waals surface area contributed by atoms with Crippen molar-refractivity contribution in [2.24, 2.45) is 11.7 Å². The lowest BCUT2D eigenvalue weighted by atomic mass is 9.90. The number of carbonyl (C=O) groups excluding carboxylic acids is 2. The van der Waals surface area contributed by atoms with E-state index in [9.17, 15) is 32.3 Å². The van der Waals surface area contributed by atoms with Gasteiger partial charge in [0.2, 0.25) is 0 Å². The van der Waals surface area contributed by atoms with Crippen LogP contribution in [-0.2, 0) is 5.60 Å². The van der Waals surface area contributed by atoms with Gasteiger partial charge in [-0.1, -0.05) is 11.6 Å². The number of hydrogen-bond donors (Lipinski definition) is 3. The van der Waals surface area contributed by atoms with Gasteiger partial charge in [0.1, 0.15) is 22.6 Å². The lowest BCUT2D eigenvalue weighted by Crippen LogP contribution is -2.43. The van der Waals surface area contributed by atoms with E-state index in [-0.39, 0.29) is 57.1 Å². The number of methoxy groups -OCH3 is 1. The van der Waals surface area contributed by atoms with Crippen molar-refractivity contribution >= 4 is 34.3 Å². The zero-order valence-electron chi connectivity index (χ0n) is 23.3. The number of nitrogens with zero attached hydrogens (tertiary/aromatic N) is 3. The van der Waals surface area contributed by atoms with E-state index in [1.54, 1.807) is 6.92 Å². The number of rotatable bonds is 11. The standard InChI is InChI=1S/C29H26ClF4N5O5/c1-3-44-25-17(26(35)40)10-21(37-24(25)13-7-18(30)22(32)19(31)8-13)29(42,16-4-5-16)12-36-27(41)14-6-15-11-39(28(33)34)38-23(15)20(9-14)43-2/h6-11,16,28,42H,3-5,12H2,1-2H3,(H2,35,40)(H,36,41)/t29-/m1/s1. The molecule has 0 unspecified atom stereocenters. The van der Waals surface area contributed by atoms with Crippen molar-refractivity contribution in [1.82, 2.24) is 20.1 Å². The summed E-state index contributed by atoms with van der Waals surface area (Å²) in [7, 11) is 1.30. The smallest absolute Gasteiger partial charge is 0.333 e. The van der Waals surface area contributed by atoms with Gasteiger partial charge < -0.3 is 25.6 Å². The molecule has 0 spiro atoms. The molecule has 0 aliphatic heterocycles. The van der Waals surface area contributed by atoms with Crippen LogP contribution in [0.3, 0.4) is 0 Å². The highest BCUT2D eigenvalue weighted by molar-refractivity contribution is 6.31. The van der Waals surface area contributed by atoms with Crippen LogP contribution in [0.5, 0.6) is 11.5 Å². The minimum absolute atomic E-state index is 0.0379. The van der Waals surface area contributed by atoms with Crippen LogP contribution in [0.1, 0.15) is 52.7 Å². The summed E-state index contributed by atoms with van der Waals surface area (Å²) in [4.78, 5) is 30.3. The van der Waals surface area contributed by atoms with Gasteiger partial charge in [-0.15, -0.1) is 0 Å². The summed E-state index contributed by atoms with van der Waals surface area (Å²) >= 11 is 5.89. The fourth-order valence-electron chi connectivity index (χ4n) is 4.95. The van der Waals surface area contributed by atoms with Gasteiger partial charge in [-0.2, -0.15) is 13.9 Å². The number of primary amides is 1. The molecule has 232 valence electrons. The molecule has 0 bridgehead atoms. The molecule has 4 N–H and O–H groups in total. The van der Waals surface area contributed by atoms with Gasteiger partial charge in [0.05, 0.1) is 36.5 Å². The number of alkyl halides is 2. The van der Waals surface area contributed by atoms with Crippen LogP contribution < -0.4 is 20.5 Å². The Hall–Kier alpha value is -4.43. The summed E-state index contributed by atoms with van der Waals surface area (Å²) in [5.74, 6) is -4.64. The minimum Gasteiger partial charge on any atom is -0.494 e. The molecule has 2 heterocycles. The first-order chi connectivity index (χ1) is 20.9. The van der Waals surface area contributed by atoms with Crippen LogP contribution in [0.2, 0.25) is 5.02 Å². The first-order valence-electron chi connectivity index (χ1n) is 13.4. The summed E-state index contributed by atoms with van der Waals surface area (Å²) in [6.07, 6.45) is 2.17. The third-order valence-corrected chi connectivity index (χ3v) is 7.55. The number of halogens is 5. The molecule has 44 heavy (non-hydrogen) atoms. The number of ether oxygens (including phenoxy) is 2. The van der Waals surface area contributed by atoms with Crippen LogP contribution in [0, 0.1) is 17.6 Å². The predicted octanol–water partition coefficient (Wildman–Crippen LogP) is 4.96. The molecule has 15 heteroatoms. The molecule has 1 aliphatic rings. The molecule has 2 aromatic carbocycles. The van der Waals surface area contributed by atoms with Crippen molar-refractivity contribution in [3.63, 3.8) is 0 Å². The van der Waals surface area contributed by atoms with E-state index in [0.717, 1.165) is 18.3 Å². The minimum atomic E-state index is -2.91. The molecule has 0 radical (unpaired) electrons. The fraction of sp³-hybridized carbons (Fsp3) is 0.310. The molecule has 2 amide bonds. The molecular weight excluding hydrogens is 610 g/mol. The molecule has 5 rings (SSSR count). The number of benzene rings is 2. The topological polar surface area (TPSA) is 142 Å². The summed E-state index contributed by atoms with van der Waals surface area (Å²) in [6.45, 7) is -1.62. The Bertz CT molecular complexity index is 1760. The summed E-state index contributed by atoms with van der Waals surface area (Å²) in [5, 5.41) is 18.1. The third kappa shape index (κ3) is 5.74. The number of nitrogens with one attached hydrogen (secondary N) is 1. The van der Waals surface area contributed by atoms with Gasteiger partial charge in [-0.05, 0) is 56.0 Å². The van der Waals surface area contributed by atoms with Gasteiger partial charge in [-0.3, -0.25) is 9.59 Å². The van der Waals surface area contributed by atoms with Crippen LogP contribution in [0.4, 0.5) is 17.6 Å². The third-order valence-electron chi connectivity index (χ3n) is 7.27. The average molecular weight is 636 g/mol. The van der Waals surface area contributed by atoms with Crippen molar-refractivity contribution in [3.8, 4) is 22.8 Å². The number of carbonyl (C=O) groups is 2. The second kappa shape index (κ2) is 11.9. The van der Waals surface area contributed by atoms with Gasteiger partial charge in [-0.25, -0.2) is 18.4 Å². The highest BCUT2D eigenvalue weighted by Crippen LogP contribution is 2.47. The fourth-order valence-corrected chi connectivity index (χ4v) is 5.15. The number of nitrogens with two attached hydrogens (primary N) is 1. The maximum absolute atomic E-state index is 14.4. The zero-order chi connectivity index (χ0) is 31.9. The molecule has 1 aliphatic carbocycles. The Morgan fingerprint density at radius 1 is 1.23 bits per heavy atom. The van der Waals surface area contributed by atoms with E-state index in [0.29, 0.717) is 17.5 Å². The first kappa shape index (κ1) is 31.0. The van der Waals surface area contributed by atoms with E-state index < -0.39 is 53.1 Å². The Kier molecular flexibility index (Phi) is 8.40. The monoisotopic (exact) mass is 635 g/mol. The predicted molar refractivity (Wildman–Crippen MR) is 151 cm³/mol. The molecular formula is C29H26ClF4N5O5. The summed E-state index contributed by atoms with van der Waals surface area (Å²) in [6, 6.07) is 5.81.